The van der Waals surface area contributed by atoms with Crippen molar-refractivity contribution in [1.82, 2.24) is 15.1 Å². The van der Waals surface area contributed by atoms with Crippen LogP contribution in [0.2, 0.25) is 0 Å². The second kappa shape index (κ2) is 6.22. The number of fused-ring (bicyclic) bond motifs is 4. The third-order valence-electron chi connectivity index (χ3n) is 7.29. The Labute approximate surface area is 176 Å². The van der Waals surface area contributed by atoms with Crippen LogP contribution in [-0.4, -0.2) is 53.4 Å². The fraction of sp³-hybridized carbons (Fsp3) is 0.609. The minimum atomic E-state index is -1.14. The number of para-hydroxylation sites is 1. The number of ether oxygens (including phenoxy) is 1. The lowest BCUT2D eigenvalue weighted by atomic mass is 9.65. The second-order valence-corrected chi connectivity index (χ2v) is 10.6. The molecular weight excluding hydrogens is 382 g/mol. The van der Waals surface area contributed by atoms with E-state index in [1.165, 1.54) is 0 Å². The number of nitrogens with zero attached hydrogens (tertiary/aromatic N) is 2. The number of benzene rings is 1. The number of urea groups is 1. The van der Waals surface area contributed by atoms with Crippen LogP contribution in [0.4, 0.5) is 4.79 Å². The lowest BCUT2D eigenvalue weighted by Crippen LogP contribution is -2.48. The van der Waals surface area contributed by atoms with Gasteiger partial charge in [-0.1, -0.05) is 39.0 Å². The number of rotatable bonds is 2. The van der Waals surface area contributed by atoms with Crippen molar-refractivity contribution < 1.29 is 19.1 Å². The van der Waals surface area contributed by atoms with Crippen molar-refractivity contribution in [2.24, 2.45) is 10.8 Å². The number of hydrogen-bond acceptors (Lipinski definition) is 4. The fourth-order valence-electron chi connectivity index (χ4n) is 6.49. The van der Waals surface area contributed by atoms with E-state index in [0.717, 1.165) is 24.2 Å². The molecule has 1 aromatic carbocycles. The molecule has 4 aliphatic rings. The molecule has 1 saturated carbocycles. The van der Waals surface area contributed by atoms with Gasteiger partial charge in [-0.25, -0.2) is 4.79 Å². The number of imide groups is 1. The number of carbonyl (C=O) groups excluding carboxylic acids is 3. The van der Waals surface area contributed by atoms with Gasteiger partial charge in [0.05, 0.1) is 6.61 Å². The minimum absolute atomic E-state index is 0.111. The first-order chi connectivity index (χ1) is 14.1. The molecule has 160 valence electrons. The molecule has 1 aromatic rings. The van der Waals surface area contributed by atoms with Crippen molar-refractivity contribution in [1.29, 1.82) is 0 Å². The number of carbonyl (C=O) groups is 3. The highest BCUT2D eigenvalue weighted by Crippen LogP contribution is 2.52. The summed E-state index contributed by atoms with van der Waals surface area (Å²) in [7, 11) is 0. The zero-order valence-electron chi connectivity index (χ0n) is 17.9. The molecule has 3 heterocycles. The van der Waals surface area contributed by atoms with Crippen LogP contribution in [0.3, 0.4) is 0 Å². The van der Waals surface area contributed by atoms with Gasteiger partial charge in [0.15, 0.2) is 5.54 Å². The molecule has 1 aliphatic carbocycles. The molecule has 3 aliphatic heterocycles. The molecule has 30 heavy (non-hydrogen) atoms. The molecule has 3 atom stereocenters. The quantitative estimate of drug-likeness (QED) is 0.759. The number of likely N-dealkylation sites (tertiary alicyclic amines) is 1. The summed E-state index contributed by atoms with van der Waals surface area (Å²) in [6, 6.07) is 6.97. The molecule has 0 aromatic heterocycles. The van der Waals surface area contributed by atoms with E-state index in [4.69, 9.17) is 4.74 Å². The molecule has 4 amide bonds. The summed E-state index contributed by atoms with van der Waals surface area (Å²) in [5.41, 5.74) is -0.166. The van der Waals surface area contributed by atoms with E-state index >= 15 is 0 Å². The van der Waals surface area contributed by atoms with E-state index in [2.05, 4.69) is 26.1 Å². The highest BCUT2D eigenvalue weighted by atomic mass is 16.5. The summed E-state index contributed by atoms with van der Waals surface area (Å²) in [5, 5.41) is 2.87. The van der Waals surface area contributed by atoms with Gasteiger partial charge in [0, 0.05) is 24.6 Å². The van der Waals surface area contributed by atoms with E-state index in [-0.39, 0.29) is 35.2 Å². The average molecular weight is 412 g/mol. The average Bonchev–Trinajstić information content (AvgIpc) is 3.06. The number of hydrogen-bond donors (Lipinski definition) is 1. The van der Waals surface area contributed by atoms with Gasteiger partial charge in [-0.05, 0) is 36.2 Å². The summed E-state index contributed by atoms with van der Waals surface area (Å²) in [6.07, 6.45) is 3.40. The maximum Gasteiger partial charge on any atom is 0.325 e. The predicted octanol–water partition coefficient (Wildman–Crippen LogP) is 2.64. The normalized spacial score (nSPS) is 34.0. The van der Waals surface area contributed by atoms with Gasteiger partial charge in [0.2, 0.25) is 5.91 Å². The molecule has 7 heteroatoms. The third kappa shape index (κ3) is 2.81. The van der Waals surface area contributed by atoms with Crippen LogP contribution in [0, 0.1) is 10.8 Å². The first-order valence-corrected chi connectivity index (χ1v) is 10.8. The van der Waals surface area contributed by atoms with Crippen molar-refractivity contribution in [2.45, 2.75) is 58.0 Å². The second-order valence-electron chi connectivity index (χ2n) is 10.6. The minimum Gasteiger partial charge on any atom is -0.493 e. The van der Waals surface area contributed by atoms with Gasteiger partial charge in [0.25, 0.3) is 5.91 Å². The number of nitrogens with one attached hydrogen (secondary N) is 1. The van der Waals surface area contributed by atoms with E-state index in [1.54, 1.807) is 6.07 Å². The standard InChI is InChI=1S/C23H29N3O4/c1-21(2)10-15-11-22(3,13-21)14-26(15)18(27)12-25-19(28)23(24-20(25)29)8-9-30-17-7-5-4-6-16(17)23/h4-7,15H,8-14H2,1-3H3,(H,24,29). The molecule has 0 radical (unpaired) electrons. The van der Waals surface area contributed by atoms with Gasteiger partial charge < -0.3 is 15.0 Å². The van der Waals surface area contributed by atoms with Crippen LogP contribution < -0.4 is 10.1 Å². The summed E-state index contributed by atoms with van der Waals surface area (Å²) < 4.78 is 5.67. The van der Waals surface area contributed by atoms with Crippen LogP contribution in [0.25, 0.3) is 0 Å². The molecule has 2 saturated heterocycles. The van der Waals surface area contributed by atoms with Crippen LogP contribution >= 0.6 is 0 Å². The molecule has 2 bridgehead atoms. The van der Waals surface area contributed by atoms with Crippen molar-refractivity contribution in [3.8, 4) is 5.75 Å². The van der Waals surface area contributed by atoms with Gasteiger partial charge in [-0.3, -0.25) is 14.5 Å². The van der Waals surface area contributed by atoms with Crippen LogP contribution in [0.15, 0.2) is 24.3 Å². The molecule has 1 N–H and O–H groups in total. The Morgan fingerprint density at radius 2 is 1.97 bits per heavy atom. The zero-order valence-corrected chi connectivity index (χ0v) is 17.9. The maximum absolute atomic E-state index is 13.4. The van der Waals surface area contributed by atoms with Crippen LogP contribution in [0.1, 0.15) is 52.0 Å². The molecule has 3 unspecified atom stereocenters. The summed E-state index contributed by atoms with van der Waals surface area (Å²) >= 11 is 0. The molecular formula is C23H29N3O4. The number of amides is 4. The smallest absolute Gasteiger partial charge is 0.325 e. The summed E-state index contributed by atoms with van der Waals surface area (Å²) in [4.78, 5) is 42.5. The maximum atomic E-state index is 13.4. The van der Waals surface area contributed by atoms with Gasteiger partial charge in [0.1, 0.15) is 12.3 Å². The third-order valence-corrected chi connectivity index (χ3v) is 7.29. The predicted molar refractivity (Wildman–Crippen MR) is 110 cm³/mol. The van der Waals surface area contributed by atoms with Gasteiger partial charge in [-0.15, -0.1) is 0 Å². The summed E-state index contributed by atoms with van der Waals surface area (Å²) in [5.74, 6) is 0.113. The molecule has 7 nitrogen and oxygen atoms in total. The monoisotopic (exact) mass is 411 g/mol. The Balaban J connectivity index is 1.38. The van der Waals surface area contributed by atoms with Crippen molar-refractivity contribution in [3.05, 3.63) is 29.8 Å². The first kappa shape index (κ1) is 19.4. The zero-order chi connectivity index (χ0) is 21.3. The van der Waals surface area contributed by atoms with Crippen molar-refractivity contribution in [2.75, 3.05) is 19.7 Å². The Bertz CT molecular complexity index is 944. The topological polar surface area (TPSA) is 79.0 Å². The Kier molecular flexibility index (Phi) is 4.02. The van der Waals surface area contributed by atoms with Gasteiger partial charge in [-0.2, -0.15) is 0 Å². The SMILES string of the molecule is CC1(C)CC2CC(C)(CN2C(=O)CN2C(=O)NC3(CCOc4ccccc43)C2=O)C1. The summed E-state index contributed by atoms with van der Waals surface area (Å²) in [6.45, 7) is 7.60. The Morgan fingerprint density at radius 1 is 1.20 bits per heavy atom. The van der Waals surface area contributed by atoms with E-state index < -0.39 is 11.6 Å². The van der Waals surface area contributed by atoms with Crippen molar-refractivity contribution in [3.63, 3.8) is 0 Å². The highest BCUT2D eigenvalue weighted by Gasteiger charge is 2.56. The van der Waals surface area contributed by atoms with E-state index in [9.17, 15) is 14.4 Å². The molecule has 5 rings (SSSR count). The van der Waals surface area contributed by atoms with Gasteiger partial charge >= 0.3 is 6.03 Å². The molecule has 1 spiro atoms. The van der Waals surface area contributed by atoms with E-state index in [1.807, 2.05) is 23.1 Å². The largest absolute Gasteiger partial charge is 0.493 e. The van der Waals surface area contributed by atoms with Crippen molar-refractivity contribution >= 4 is 17.8 Å². The Morgan fingerprint density at radius 3 is 2.77 bits per heavy atom. The lowest BCUT2D eigenvalue weighted by Gasteiger charge is -2.39. The molecule has 3 fully saturated rings. The van der Waals surface area contributed by atoms with Crippen LogP contribution in [0.5, 0.6) is 5.75 Å². The fourth-order valence-corrected chi connectivity index (χ4v) is 6.49. The first-order valence-electron chi connectivity index (χ1n) is 10.8. The van der Waals surface area contributed by atoms with Crippen LogP contribution in [-0.2, 0) is 15.1 Å². The van der Waals surface area contributed by atoms with E-state index in [0.29, 0.717) is 30.9 Å². The highest BCUT2D eigenvalue weighted by molar-refractivity contribution is 6.09. The Hall–Kier alpha value is -2.57. The lowest BCUT2D eigenvalue weighted by molar-refractivity contribution is -0.140.